The minimum atomic E-state index is -1.46. The molecule has 1 saturated carbocycles. The Labute approximate surface area is 150 Å². The molecule has 0 saturated heterocycles. The SMILES string of the molecule is COC(=O)C1(C(=O)OC)C[C@H]2CON=C2[C@H]1c1cccc2ccccc12. The molecule has 0 radical (unpaired) electrons. The molecular weight excluding hydrogens is 334 g/mol. The Morgan fingerprint density at radius 1 is 1.08 bits per heavy atom. The molecule has 0 spiro atoms. The maximum absolute atomic E-state index is 12.9. The second-order valence-corrected chi connectivity index (χ2v) is 6.67. The molecule has 0 aromatic heterocycles. The van der Waals surface area contributed by atoms with Crippen LogP contribution in [0, 0.1) is 11.3 Å². The van der Waals surface area contributed by atoms with Crippen molar-refractivity contribution >= 4 is 28.4 Å². The first-order chi connectivity index (χ1) is 12.6. The molecule has 0 amide bonds. The molecule has 134 valence electrons. The van der Waals surface area contributed by atoms with Gasteiger partial charge in [0.1, 0.15) is 6.61 Å². The van der Waals surface area contributed by atoms with Crippen LogP contribution in [-0.2, 0) is 23.9 Å². The van der Waals surface area contributed by atoms with Gasteiger partial charge in [-0.1, -0.05) is 47.6 Å². The van der Waals surface area contributed by atoms with Gasteiger partial charge in [0.05, 0.1) is 25.8 Å². The quantitative estimate of drug-likeness (QED) is 0.626. The average Bonchev–Trinajstić information content (AvgIpc) is 3.25. The minimum absolute atomic E-state index is 0.114. The number of carbonyl (C=O) groups excluding carboxylic acids is 2. The summed E-state index contributed by atoms with van der Waals surface area (Å²) in [7, 11) is 2.58. The Balaban J connectivity index is 2.00. The van der Waals surface area contributed by atoms with Gasteiger partial charge in [-0.15, -0.1) is 0 Å². The van der Waals surface area contributed by atoms with Gasteiger partial charge in [0.15, 0.2) is 5.41 Å². The molecule has 4 rings (SSSR count). The van der Waals surface area contributed by atoms with E-state index in [1.807, 2.05) is 42.5 Å². The highest BCUT2D eigenvalue weighted by atomic mass is 16.6. The lowest BCUT2D eigenvalue weighted by Crippen LogP contribution is -2.44. The Morgan fingerprint density at radius 2 is 1.77 bits per heavy atom. The summed E-state index contributed by atoms with van der Waals surface area (Å²) < 4.78 is 10.1. The molecule has 26 heavy (non-hydrogen) atoms. The number of nitrogens with zero attached hydrogens (tertiary/aromatic N) is 1. The lowest BCUT2D eigenvalue weighted by atomic mass is 9.72. The van der Waals surface area contributed by atoms with Gasteiger partial charge in [-0.3, -0.25) is 9.59 Å². The van der Waals surface area contributed by atoms with Gasteiger partial charge in [0.2, 0.25) is 0 Å². The summed E-state index contributed by atoms with van der Waals surface area (Å²) in [5.41, 5.74) is 0.101. The Hall–Kier alpha value is -2.89. The third-order valence-corrected chi connectivity index (χ3v) is 5.45. The second kappa shape index (κ2) is 6.12. The van der Waals surface area contributed by atoms with Crippen molar-refractivity contribution in [3.8, 4) is 0 Å². The number of rotatable bonds is 3. The maximum atomic E-state index is 12.9. The molecule has 0 N–H and O–H groups in total. The molecule has 2 atom stereocenters. The van der Waals surface area contributed by atoms with E-state index in [-0.39, 0.29) is 12.3 Å². The Morgan fingerprint density at radius 3 is 2.50 bits per heavy atom. The van der Waals surface area contributed by atoms with Gasteiger partial charge in [-0.2, -0.15) is 0 Å². The van der Waals surface area contributed by atoms with E-state index in [1.165, 1.54) is 14.2 Å². The van der Waals surface area contributed by atoms with Crippen molar-refractivity contribution in [3.05, 3.63) is 48.0 Å². The number of benzene rings is 2. The largest absolute Gasteiger partial charge is 0.468 e. The predicted molar refractivity (Wildman–Crippen MR) is 94.6 cm³/mol. The number of ether oxygens (including phenoxy) is 2. The third-order valence-electron chi connectivity index (χ3n) is 5.45. The molecule has 2 aliphatic rings. The van der Waals surface area contributed by atoms with Crippen molar-refractivity contribution in [3.63, 3.8) is 0 Å². The molecule has 1 aliphatic heterocycles. The number of carbonyl (C=O) groups is 2. The first-order valence-electron chi connectivity index (χ1n) is 8.47. The van der Waals surface area contributed by atoms with Crippen molar-refractivity contribution in [1.29, 1.82) is 0 Å². The van der Waals surface area contributed by atoms with E-state index in [0.717, 1.165) is 16.3 Å². The zero-order valence-corrected chi connectivity index (χ0v) is 14.6. The molecule has 0 bridgehead atoms. The summed E-state index contributed by atoms with van der Waals surface area (Å²) in [5.74, 6) is -1.89. The van der Waals surface area contributed by atoms with E-state index in [9.17, 15) is 9.59 Å². The smallest absolute Gasteiger partial charge is 0.324 e. The Bertz CT molecular complexity index is 898. The summed E-state index contributed by atoms with van der Waals surface area (Å²) in [6, 6.07) is 13.7. The molecule has 1 heterocycles. The molecule has 2 aromatic carbocycles. The first-order valence-corrected chi connectivity index (χ1v) is 8.47. The van der Waals surface area contributed by atoms with Crippen LogP contribution in [0.2, 0.25) is 0 Å². The van der Waals surface area contributed by atoms with Crippen molar-refractivity contribution in [2.45, 2.75) is 12.3 Å². The summed E-state index contributed by atoms with van der Waals surface area (Å²) in [4.78, 5) is 31.0. The lowest BCUT2D eigenvalue weighted by molar-refractivity contribution is -0.170. The fourth-order valence-electron chi connectivity index (χ4n) is 4.35. The van der Waals surface area contributed by atoms with Crippen LogP contribution in [0.5, 0.6) is 0 Å². The van der Waals surface area contributed by atoms with Gasteiger partial charge in [-0.25, -0.2) is 0 Å². The van der Waals surface area contributed by atoms with E-state index in [2.05, 4.69) is 5.16 Å². The van der Waals surface area contributed by atoms with Crippen LogP contribution in [0.4, 0.5) is 0 Å². The third kappa shape index (κ3) is 2.14. The summed E-state index contributed by atoms with van der Waals surface area (Å²) in [6.07, 6.45) is 0.263. The summed E-state index contributed by atoms with van der Waals surface area (Å²) >= 11 is 0. The fourth-order valence-corrected chi connectivity index (χ4v) is 4.35. The van der Waals surface area contributed by atoms with Gasteiger partial charge in [0, 0.05) is 5.92 Å². The van der Waals surface area contributed by atoms with Crippen LogP contribution in [0.3, 0.4) is 0 Å². The molecule has 6 heteroatoms. The monoisotopic (exact) mass is 353 g/mol. The fraction of sp³-hybridized carbons (Fsp3) is 0.350. The number of methoxy groups -OCH3 is 2. The van der Waals surface area contributed by atoms with Gasteiger partial charge >= 0.3 is 11.9 Å². The molecule has 1 fully saturated rings. The number of oxime groups is 1. The standard InChI is InChI=1S/C20H19NO5/c1-24-18(22)20(19(23)25-2)10-13-11-26-21-17(13)16(20)15-9-5-7-12-6-3-4-8-14(12)15/h3-9,13,16H,10-11H2,1-2H3/t13-,16+/m0/s1. The van der Waals surface area contributed by atoms with E-state index in [4.69, 9.17) is 14.3 Å². The minimum Gasteiger partial charge on any atom is -0.468 e. The molecular formula is C20H19NO5. The van der Waals surface area contributed by atoms with Crippen LogP contribution in [0.1, 0.15) is 17.9 Å². The van der Waals surface area contributed by atoms with Crippen molar-refractivity contribution in [1.82, 2.24) is 0 Å². The van der Waals surface area contributed by atoms with Crippen molar-refractivity contribution in [2.24, 2.45) is 16.5 Å². The summed E-state index contributed by atoms with van der Waals surface area (Å²) in [6.45, 7) is 0.354. The van der Waals surface area contributed by atoms with Crippen LogP contribution in [0.15, 0.2) is 47.6 Å². The number of esters is 2. The van der Waals surface area contributed by atoms with E-state index in [1.54, 1.807) is 0 Å². The Kier molecular flexibility index (Phi) is 3.90. The molecule has 6 nitrogen and oxygen atoms in total. The van der Waals surface area contributed by atoms with E-state index >= 15 is 0 Å². The lowest BCUT2D eigenvalue weighted by Gasteiger charge is -2.30. The van der Waals surface area contributed by atoms with Crippen molar-refractivity contribution in [2.75, 3.05) is 20.8 Å². The normalized spacial score (nSPS) is 23.1. The highest BCUT2D eigenvalue weighted by molar-refractivity contribution is 6.13. The number of hydrogen-bond acceptors (Lipinski definition) is 6. The van der Waals surface area contributed by atoms with Crippen LogP contribution in [-0.4, -0.2) is 38.5 Å². The highest BCUT2D eigenvalue weighted by Crippen LogP contribution is 2.54. The predicted octanol–water partition coefficient (Wildman–Crippen LogP) is 2.66. The van der Waals surface area contributed by atoms with Crippen LogP contribution >= 0.6 is 0 Å². The van der Waals surface area contributed by atoms with E-state index in [0.29, 0.717) is 12.3 Å². The van der Waals surface area contributed by atoms with Crippen molar-refractivity contribution < 1.29 is 23.9 Å². The van der Waals surface area contributed by atoms with Gasteiger partial charge in [0.25, 0.3) is 0 Å². The average molecular weight is 353 g/mol. The number of hydrogen-bond donors (Lipinski definition) is 0. The summed E-state index contributed by atoms with van der Waals surface area (Å²) in [5, 5.41) is 6.18. The van der Waals surface area contributed by atoms with Crippen LogP contribution in [0.25, 0.3) is 10.8 Å². The number of fused-ring (bicyclic) bond motifs is 2. The molecule has 0 unspecified atom stereocenters. The topological polar surface area (TPSA) is 74.2 Å². The zero-order chi connectivity index (χ0) is 18.3. The first kappa shape index (κ1) is 16.6. The van der Waals surface area contributed by atoms with Gasteiger partial charge < -0.3 is 14.3 Å². The highest BCUT2D eigenvalue weighted by Gasteiger charge is 2.65. The molecule has 2 aromatic rings. The zero-order valence-electron chi connectivity index (χ0n) is 14.6. The van der Waals surface area contributed by atoms with E-state index < -0.39 is 23.3 Å². The molecule has 1 aliphatic carbocycles. The van der Waals surface area contributed by atoms with Crippen LogP contribution < -0.4 is 0 Å². The maximum Gasteiger partial charge on any atom is 0.324 e. The second-order valence-electron chi connectivity index (χ2n) is 6.67. The van der Waals surface area contributed by atoms with Gasteiger partial charge in [-0.05, 0) is 22.8 Å².